The number of aliphatic hydroxyl groups excluding tert-OH is 1. The topological polar surface area (TPSA) is 104 Å². The van der Waals surface area contributed by atoms with E-state index in [1.807, 2.05) is 17.5 Å². The minimum Gasteiger partial charge on any atom is -0.393 e. The molecular formula is C28H31FN4O4S. The van der Waals surface area contributed by atoms with Crippen LogP contribution in [0.1, 0.15) is 42.6 Å². The van der Waals surface area contributed by atoms with E-state index in [1.165, 1.54) is 17.4 Å². The van der Waals surface area contributed by atoms with Crippen LogP contribution in [0.4, 0.5) is 15.2 Å². The van der Waals surface area contributed by atoms with E-state index < -0.39 is 23.6 Å². The van der Waals surface area contributed by atoms with Gasteiger partial charge in [0.1, 0.15) is 5.67 Å². The second-order valence-corrected chi connectivity index (χ2v) is 10.9. The third-order valence-electron chi connectivity index (χ3n) is 6.85. The van der Waals surface area contributed by atoms with Gasteiger partial charge in [-0.25, -0.2) is 9.37 Å². The Hall–Kier alpha value is -3.34. The summed E-state index contributed by atoms with van der Waals surface area (Å²) in [5.74, 6) is -0.890. The zero-order valence-corrected chi connectivity index (χ0v) is 22.1. The first-order valence-corrected chi connectivity index (χ1v) is 13.6. The number of thiazole rings is 1. The van der Waals surface area contributed by atoms with Gasteiger partial charge in [0.15, 0.2) is 5.13 Å². The van der Waals surface area contributed by atoms with Gasteiger partial charge in [0, 0.05) is 48.1 Å². The number of morpholine rings is 1. The van der Waals surface area contributed by atoms with E-state index >= 15 is 0 Å². The Morgan fingerprint density at radius 2 is 1.89 bits per heavy atom. The summed E-state index contributed by atoms with van der Waals surface area (Å²) in [6.45, 7) is 5.53. The molecule has 1 aliphatic carbocycles. The zero-order valence-electron chi connectivity index (χ0n) is 21.3. The smallest absolute Gasteiger partial charge is 0.251 e. The Morgan fingerprint density at radius 3 is 2.63 bits per heavy atom. The first-order chi connectivity index (χ1) is 18.2. The maximum atomic E-state index is 14.8. The summed E-state index contributed by atoms with van der Waals surface area (Å²) in [4.78, 5) is 31.9. The van der Waals surface area contributed by atoms with Gasteiger partial charge in [-0.3, -0.25) is 9.59 Å². The monoisotopic (exact) mass is 538 g/mol. The number of amides is 2. The fraction of sp³-hybridized carbons (Fsp3) is 0.393. The lowest BCUT2D eigenvalue weighted by molar-refractivity contribution is -0.115. The Balaban J connectivity index is 1.17. The molecule has 38 heavy (non-hydrogen) atoms. The number of carbonyl (C=O) groups excluding carboxylic acids is 2. The highest BCUT2D eigenvalue weighted by Crippen LogP contribution is 2.45. The number of ether oxygens (including phenoxy) is 1. The predicted octanol–water partition coefficient (Wildman–Crippen LogP) is 4.11. The summed E-state index contributed by atoms with van der Waals surface area (Å²) in [7, 11) is 0. The molecule has 2 amide bonds. The maximum absolute atomic E-state index is 14.8. The standard InChI is InChI=1S/C28H31FN4O4S/c1-17-14-33(15-18(2)37-17)22-8-4-5-19(10-22)24-16-38-27(31-24)32-25(35)13-30-26(36)20-6-3-7-21(9-20)28(29)11-23(34)12-28/h3-10,16-18,23,34H,11-15H2,1-2H3,(H,30,36)(H,31,32,35)/t17-,18+,23?,28?. The molecule has 0 bridgehead atoms. The highest BCUT2D eigenvalue weighted by atomic mass is 32.1. The first-order valence-electron chi connectivity index (χ1n) is 12.7. The molecule has 1 saturated heterocycles. The molecule has 0 unspecified atom stereocenters. The molecule has 3 aromatic rings. The molecule has 0 spiro atoms. The van der Waals surface area contributed by atoms with Crippen LogP contribution in [0.5, 0.6) is 0 Å². The Morgan fingerprint density at radius 1 is 1.16 bits per heavy atom. The van der Waals surface area contributed by atoms with Crippen molar-refractivity contribution in [1.82, 2.24) is 10.3 Å². The lowest BCUT2D eigenvalue weighted by Gasteiger charge is -2.38. The molecule has 2 aliphatic rings. The molecule has 1 aliphatic heterocycles. The number of nitrogens with zero attached hydrogens (tertiary/aromatic N) is 2. The van der Waals surface area contributed by atoms with Crippen LogP contribution < -0.4 is 15.5 Å². The fourth-order valence-corrected chi connectivity index (χ4v) is 5.74. The van der Waals surface area contributed by atoms with Crippen LogP contribution >= 0.6 is 11.3 Å². The van der Waals surface area contributed by atoms with Crippen molar-refractivity contribution in [2.24, 2.45) is 0 Å². The third kappa shape index (κ3) is 5.87. The number of benzene rings is 2. The van der Waals surface area contributed by atoms with Crippen molar-refractivity contribution >= 4 is 34.0 Å². The average Bonchev–Trinajstić information content (AvgIpc) is 3.34. The van der Waals surface area contributed by atoms with Crippen molar-refractivity contribution in [3.8, 4) is 11.3 Å². The minimum atomic E-state index is -1.62. The lowest BCUT2D eigenvalue weighted by atomic mass is 9.74. The maximum Gasteiger partial charge on any atom is 0.251 e. The molecule has 10 heteroatoms. The zero-order chi connectivity index (χ0) is 26.9. The van der Waals surface area contributed by atoms with E-state index in [4.69, 9.17) is 4.74 Å². The summed E-state index contributed by atoms with van der Waals surface area (Å²) >= 11 is 1.31. The van der Waals surface area contributed by atoms with Crippen LogP contribution in [-0.2, 0) is 15.2 Å². The second kappa shape index (κ2) is 10.8. The van der Waals surface area contributed by atoms with Gasteiger partial charge in [-0.05, 0) is 43.7 Å². The molecule has 2 fully saturated rings. The third-order valence-corrected chi connectivity index (χ3v) is 7.60. The number of alkyl halides is 1. The molecule has 2 aromatic carbocycles. The van der Waals surface area contributed by atoms with Crippen molar-refractivity contribution in [3.63, 3.8) is 0 Å². The average molecular weight is 539 g/mol. The number of hydrogen-bond acceptors (Lipinski definition) is 7. The van der Waals surface area contributed by atoms with Gasteiger partial charge in [-0.15, -0.1) is 11.3 Å². The van der Waals surface area contributed by atoms with Crippen LogP contribution in [0.2, 0.25) is 0 Å². The lowest BCUT2D eigenvalue weighted by Crippen LogP contribution is -2.45. The number of hydrogen-bond donors (Lipinski definition) is 3. The molecule has 0 radical (unpaired) electrons. The molecule has 2 atom stereocenters. The Labute approximate surface area is 224 Å². The molecule has 2 heterocycles. The van der Waals surface area contributed by atoms with E-state index in [2.05, 4.69) is 46.5 Å². The number of aliphatic hydroxyl groups is 1. The SMILES string of the molecule is C[C@@H]1CN(c2cccc(-c3csc(NC(=O)CNC(=O)c4cccc(C5(F)CC(O)C5)c4)n3)c2)C[C@H](C)O1. The van der Waals surface area contributed by atoms with Gasteiger partial charge in [0.05, 0.1) is 30.6 Å². The Bertz CT molecular complexity index is 1320. The van der Waals surface area contributed by atoms with Crippen LogP contribution in [0.3, 0.4) is 0 Å². The van der Waals surface area contributed by atoms with Crippen molar-refractivity contribution in [2.45, 2.75) is 50.7 Å². The van der Waals surface area contributed by atoms with Gasteiger partial charge in [-0.1, -0.05) is 24.3 Å². The van der Waals surface area contributed by atoms with Crippen LogP contribution in [0.25, 0.3) is 11.3 Å². The normalized spacial score (nSPS) is 24.9. The van der Waals surface area contributed by atoms with Crippen LogP contribution in [0, 0.1) is 0 Å². The van der Waals surface area contributed by atoms with Crippen molar-refractivity contribution < 1.29 is 23.8 Å². The van der Waals surface area contributed by atoms with E-state index in [0.29, 0.717) is 10.7 Å². The van der Waals surface area contributed by atoms with E-state index in [1.54, 1.807) is 18.2 Å². The van der Waals surface area contributed by atoms with Gasteiger partial charge < -0.3 is 25.4 Å². The largest absolute Gasteiger partial charge is 0.393 e. The highest BCUT2D eigenvalue weighted by molar-refractivity contribution is 7.14. The van der Waals surface area contributed by atoms with Gasteiger partial charge >= 0.3 is 0 Å². The quantitative estimate of drug-likeness (QED) is 0.418. The molecule has 8 nitrogen and oxygen atoms in total. The van der Waals surface area contributed by atoms with Gasteiger partial charge in [0.25, 0.3) is 5.91 Å². The van der Waals surface area contributed by atoms with Gasteiger partial charge in [0.2, 0.25) is 5.91 Å². The summed E-state index contributed by atoms with van der Waals surface area (Å²) < 4.78 is 20.6. The number of carbonyl (C=O) groups is 2. The summed E-state index contributed by atoms with van der Waals surface area (Å²) in [5, 5.41) is 17.1. The van der Waals surface area contributed by atoms with Crippen molar-refractivity contribution in [1.29, 1.82) is 0 Å². The van der Waals surface area contributed by atoms with Crippen LogP contribution in [-0.4, -0.2) is 59.9 Å². The van der Waals surface area contributed by atoms with Crippen molar-refractivity contribution in [3.05, 3.63) is 65.0 Å². The number of anilines is 2. The van der Waals surface area contributed by atoms with Gasteiger partial charge in [-0.2, -0.15) is 0 Å². The second-order valence-electron chi connectivity index (χ2n) is 10.1. The van der Waals surface area contributed by atoms with E-state index in [0.717, 1.165) is 30.0 Å². The number of nitrogens with one attached hydrogen (secondary N) is 2. The number of aromatic nitrogens is 1. The highest BCUT2D eigenvalue weighted by Gasteiger charge is 2.45. The summed E-state index contributed by atoms with van der Waals surface area (Å²) in [6.07, 6.45) is -0.303. The van der Waals surface area contributed by atoms with E-state index in [-0.39, 0.29) is 37.2 Å². The predicted molar refractivity (Wildman–Crippen MR) is 145 cm³/mol. The minimum absolute atomic E-state index is 0.0200. The molecule has 1 saturated carbocycles. The Kier molecular flexibility index (Phi) is 7.47. The summed E-state index contributed by atoms with van der Waals surface area (Å²) in [5.41, 5.74) is 1.80. The fourth-order valence-electron chi connectivity index (χ4n) is 5.00. The molecule has 200 valence electrons. The molecule has 3 N–H and O–H groups in total. The first kappa shape index (κ1) is 26.3. The van der Waals surface area contributed by atoms with E-state index in [9.17, 15) is 19.1 Å². The number of halogens is 1. The molecule has 5 rings (SSSR count). The molecular weight excluding hydrogens is 507 g/mol. The van der Waals surface area contributed by atoms with Crippen molar-refractivity contribution in [2.75, 3.05) is 29.9 Å². The number of rotatable bonds is 7. The summed E-state index contributed by atoms with van der Waals surface area (Å²) in [6, 6.07) is 14.4. The van der Waals surface area contributed by atoms with Crippen LogP contribution in [0.15, 0.2) is 53.9 Å². The molecule has 1 aromatic heterocycles.